The molecule has 2 amide bonds. The number of carbonyl (C=O) groups is 3. The SMILES string of the molecule is CCc1ccc(N2C[C@@H](C(=O)OCC(=O)Nc3c(C)nn(C)c3C)CC2=O)cc1. The van der Waals surface area contributed by atoms with Crippen LogP contribution in [0.5, 0.6) is 0 Å². The molecule has 0 radical (unpaired) electrons. The Kier molecular flexibility index (Phi) is 6.00. The van der Waals surface area contributed by atoms with E-state index in [9.17, 15) is 14.4 Å². The summed E-state index contributed by atoms with van der Waals surface area (Å²) >= 11 is 0. The molecule has 1 N–H and O–H groups in total. The van der Waals surface area contributed by atoms with Crippen LogP contribution in [0.15, 0.2) is 24.3 Å². The van der Waals surface area contributed by atoms with Crippen molar-refractivity contribution in [2.24, 2.45) is 13.0 Å². The Morgan fingerprint density at radius 1 is 1.24 bits per heavy atom. The van der Waals surface area contributed by atoms with Gasteiger partial charge in [0.1, 0.15) is 0 Å². The fraction of sp³-hybridized carbons (Fsp3) is 0.429. The number of benzene rings is 1. The smallest absolute Gasteiger partial charge is 0.311 e. The Hall–Kier alpha value is -3.16. The van der Waals surface area contributed by atoms with Gasteiger partial charge in [0.05, 0.1) is 23.0 Å². The second-order valence-corrected chi connectivity index (χ2v) is 7.25. The normalized spacial score (nSPS) is 16.2. The molecule has 1 aliphatic heterocycles. The highest BCUT2D eigenvalue weighted by atomic mass is 16.5. The third-order valence-corrected chi connectivity index (χ3v) is 5.23. The summed E-state index contributed by atoms with van der Waals surface area (Å²) in [5.41, 5.74) is 4.07. The molecule has 0 saturated carbocycles. The van der Waals surface area contributed by atoms with Gasteiger partial charge in [0, 0.05) is 25.7 Å². The molecule has 2 aromatic rings. The summed E-state index contributed by atoms with van der Waals surface area (Å²) in [6, 6.07) is 7.72. The molecule has 8 heteroatoms. The molecule has 29 heavy (non-hydrogen) atoms. The van der Waals surface area contributed by atoms with Gasteiger partial charge in [-0.15, -0.1) is 0 Å². The number of esters is 1. The number of rotatable bonds is 6. The van der Waals surface area contributed by atoms with Crippen LogP contribution in [0.3, 0.4) is 0 Å². The predicted octanol–water partition coefficient (Wildman–Crippen LogP) is 2.13. The zero-order chi connectivity index (χ0) is 21.1. The van der Waals surface area contributed by atoms with Crippen molar-refractivity contribution in [1.29, 1.82) is 0 Å². The number of nitrogens with zero attached hydrogens (tertiary/aromatic N) is 3. The van der Waals surface area contributed by atoms with Crippen molar-refractivity contribution in [3.05, 3.63) is 41.2 Å². The number of nitrogens with one attached hydrogen (secondary N) is 1. The summed E-state index contributed by atoms with van der Waals surface area (Å²) in [6.07, 6.45) is 1.00. The zero-order valence-corrected chi connectivity index (χ0v) is 17.2. The lowest BCUT2D eigenvalue weighted by atomic mass is 10.1. The van der Waals surface area contributed by atoms with Crippen LogP contribution in [0.4, 0.5) is 11.4 Å². The lowest BCUT2D eigenvalue weighted by molar-refractivity contribution is -0.151. The van der Waals surface area contributed by atoms with E-state index in [2.05, 4.69) is 17.3 Å². The Labute approximate surface area is 169 Å². The van der Waals surface area contributed by atoms with Crippen LogP contribution < -0.4 is 10.2 Å². The largest absolute Gasteiger partial charge is 0.455 e. The standard InChI is InChI=1S/C21H26N4O4/c1-5-15-6-8-17(9-7-15)25-11-16(10-19(25)27)21(28)29-12-18(26)22-20-13(2)23-24(4)14(20)3/h6-9,16H,5,10-12H2,1-4H3,(H,22,26)/t16-/m0/s1. The summed E-state index contributed by atoms with van der Waals surface area (Å²) in [5.74, 6) is -1.68. The summed E-state index contributed by atoms with van der Waals surface area (Å²) in [5, 5.41) is 6.95. The first-order valence-electron chi connectivity index (χ1n) is 9.66. The molecule has 0 unspecified atom stereocenters. The van der Waals surface area contributed by atoms with Crippen molar-refractivity contribution in [2.75, 3.05) is 23.4 Å². The van der Waals surface area contributed by atoms with Crippen LogP contribution in [0.1, 0.15) is 30.3 Å². The van der Waals surface area contributed by atoms with Crippen LogP contribution in [0, 0.1) is 19.8 Å². The maximum atomic E-state index is 12.4. The minimum atomic E-state index is -0.581. The minimum Gasteiger partial charge on any atom is -0.455 e. The lowest BCUT2D eigenvalue weighted by Gasteiger charge is -2.17. The first kappa shape index (κ1) is 20.6. The number of aromatic nitrogens is 2. The molecule has 0 spiro atoms. The van der Waals surface area contributed by atoms with Crippen LogP contribution in [-0.2, 0) is 32.6 Å². The molecule has 0 bridgehead atoms. The van der Waals surface area contributed by atoms with Gasteiger partial charge < -0.3 is 15.0 Å². The lowest BCUT2D eigenvalue weighted by Crippen LogP contribution is -2.28. The van der Waals surface area contributed by atoms with Crippen LogP contribution in [0.2, 0.25) is 0 Å². The third-order valence-electron chi connectivity index (χ3n) is 5.23. The fourth-order valence-corrected chi connectivity index (χ4v) is 3.41. The molecule has 1 aliphatic rings. The van der Waals surface area contributed by atoms with Crippen molar-refractivity contribution in [1.82, 2.24) is 9.78 Å². The van der Waals surface area contributed by atoms with E-state index in [4.69, 9.17) is 4.74 Å². The molecule has 1 atom stereocenters. The number of amides is 2. The van der Waals surface area contributed by atoms with E-state index in [0.717, 1.165) is 17.8 Å². The second kappa shape index (κ2) is 8.46. The number of hydrogen-bond acceptors (Lipinski definition) is 5. The maximum Gasteiger partial charge on any atom is 0.311 e. The summed E-state index contributed by atoms with van der Waals surface area (Å²) in [6.45, 7) is 5.55. The highest BCUT2D eigenvalue weighted by Gasteiger charge is 2.36. The first-order valence-corrected chi connectivity index (χ1v) is 9.66. The van der Waals surface area contributed by atoms with E-state index < -0.39 is 24.4 Å². The van der Waals surface area contributed by atoms with Gasteiger partial charge in [-0.05, 0) is 38.0 Å². The number of carbonyl (C=O) groups excluding carboxylic acids is 3. The number of anilines is 2. The zero-order valence-electron chi connectivity index (χ0n) is 17.2. The Balaban J connectivity index is 1.54. The minimum absolute atomic E-state index is 0.0802. The van der Waals surface area contributed by atoms with Gasteiger partial charge in [0.15, 0.2) is 6.61 Å². The van der Waals surface area contributed by atoms with Gasteiger partial charge in [-0.3, -0.25) is 19.1 Å². The molecule has 3 rings (SSSR count). The highest BCUT2D eigenvalue weighted by Crippen LogP contribution is 2.26. The molecule has 1 aromatic heterocycles. The molecular weight excluding hydrogens is 372 g/mol. The van der Waals surface area contributed by atoms with E-state index in [1.807, 2.05) is 31.2 Å². The van der Waals surface area contributed by atoms with Crippen molar-refractivity contribution in [3.8, 4) is 0 Å². The molecule has 2 heterocycles. The van der Waals surface area contributed by atoms with Gasteiger partial charge in [-0.2, -0.15) is 5.10 Å². The second-order valence-electron chi connectivity index (χ2n) is 7.25. The Morgan fingerprint density at radius 2 is 1.93 bits per heavy atom. The van der Waals surface area contributed by atoms with Crippen molar-refractivity contribution in [3.63, 3.8) is 0 Å². The van der Waals surface area contributed by atoms with E-state index in [0.29, 0.717) is 11.4 Å². The topological polar surface area (TPSA) is 93.5 Å². The van der Waals surface area contributed by atoms with Gasteiger partial charge >= 0.3 is 5.97 Å². The summed E-state index contributed by atoms with van der Waals surface area (Å²) in [7, 11) is 1.79. The Bertz CT molecular complexity index is 933. The van der Waals surface area contributed by atoms with Crippen LogP contribution >= 0.6 is 0 Å². The van der Waals surface area contributed by atoms with E-state index in [1.54, 1.807) is 23.6 Å². The first-order chi connectivity index (χ1) is 13.8. The molecule has 8 nitrogen and oxygen atoms in total. The van der Waals surface area contributed by atoms with Crippen molar-refractivity contribution < 1.29 is 19.1 Å². The number of hydrogen-bond donors (Lipinski definition) is 1. The maximum absolute atomic E-state index is 12.4. The molecule has 1 fully saturated rings. The molecular formula is C21H26N4O4. The molecule has 1 saturated heterocycles. The van der Waals surface area contributed by atoms with Crippen LogP contribution in [-0.4, -0.2) is 40.7 Å². The summed E-state index contributed by atoms with van der Waals surface area (Å²) in [4.78, 5) is 38.4. The molecule has 0 aliphatic carbocycles. The van der Waals surface area contributed by atoms with Crippen LogP contribution in [0.25, 0.3) is 0 Å². The van der Waals surface area contributed by atoms with Crippen molar-refractivity contribution in [2.45, 2.75) is 33.6 Å². The molecule has 154 valence electrons. The third kappa shape index (κ3) is 4.47. The number of aryl methyl sites for hydroxylation is 3. The fourth-order valence-electron chi connectivity index (χ4n) is 3.41. The quantitative estimate of drug-likeness (QED) is 0.753. The Morgan fingerprint density at radius 3 is 2.52 bits per heavy atom. The van der Waals surface area contributed by atoms with E-state index >= 15 is 0 Å². The van der Waals surface area contributed by atoms with Crippen molar-refractivity contribution >= 4 is 29.2 Å². The van der Waals surface area contributed by atoms with E-state index in [1.165, 1.54) is 5.56 Å². The average Bonchev–Trinajstić information content (AvgIpc) is 3.21. The number of ether oxygens (including phenoxy) is 1. The van der Waals surface area contributed by atoms with Gasteiger partial charge in [0.2, 0.25) is 5.91 Å². The average molecular weight is 398 g/mol. The molecule has 1 aromatic carbocycles. The summed E-state index contributed by atoms with van der Waals surface area (Å²) < 4.78 is 6.83. The predicted molar refractivity (Wildman–Crippen MR) is 109 cm³/mol. The highest BCUT2D eigenvalue weighted by molar-refractivity contribution is 6.00. The van der Waals surface area contributed by atoms with Gasteiger partial charge in [0.25, 0.3) is 5.91 Å². The van der Waals surface area contributed by atoms with Gasteiger partial charge in [-0.1, -0.05) is 19.1 Å². The monoisotopic (exact) mass is 398 g/mol. The van der Waals surface area contributed by atoms with Gasteiger partial charge in [-0.25, -0.2) is 0 Å². The van der Waals surface area contributed by atoms with E-state index in [-0.39, 0.29) is 18.9 Å².